The van der Waals surface area contributed by atoms with Crippen molar-refractivity contribution in [2.24, 2.45) is 7.05 Å². The number of nitrogens with zero attached hydrogens (tertiary/aromatic N) is 2. The summed E-state index contributed by atoms with van der Waals surface area (Å²) in [7, 11) is 1.95. The minimum absolute atomic E-state index is 0.276. The number of aliphatic hydroxyl groups is 1. The molecule has 1 N–H and O–H groups in total. The van der Waals surface area contributed by atoms with Crippen LogP contribution in [0.4, 0.5) is 0 Å². The molecule has 84 valence electrons. The molecule has 1 aromatic rings. The van der Waals surface area contributed by atoms with Crippen LogP contribution in [0.1, 0.15) is 29.8 Å². The van der Waals surface area contributed by atoms with Crippen LogP contribution in [0.25, 0.3) is 0 Å². The molecule has 15 heavy (non-hydrogen) atoms. The molecule has 0 amide bonds. The van der Waals surface area contributed by atoms with Crippen molar-refractivity contribution in [1.29, 1.82) is 0 Å². The number of aromatic nitrogens is 2. The minimum Gasteiger partial charge on any atom is -0.393 e. The van der Waals surface area contributed by atoms with Gasteiger partial charge in [0, 0.05) is 12.7 Å². The van der Waals surface area contributed by atoms with Gasteiger partial charge in [0.15, 0.2) is 0 Å². The van der Waals surface area contributed by atoms with Crippen LogP contribution >= 0.6 is 0 Å². The van der Waals surface area contributed by atoms with E-state index in [2.05, 4.69) is 18.6 Å². The highest BCUT2D eigenvalue weighted by atomic mass is 16.3. The van der Waals surface area contributed by atoms with Crippen LogP contribution in [-0.4, -0.2) is 21.0 Å². The van der Waals surface area contributed by atoms with Crippen molar-refractivity contribution in [3.63, 3.8) is 0 Å². The Hall–Kier alpha value is -1.09. The van der Waals surface area contributed by atoms with Crippen LogP contribution in [0.2, 0.25) is 0 Å². The molecular formula is C12H20N2O. The Labute approximate surface area is 91.4 Å². The lowest BCUT2D eigenvalue weighted by Gasteiger charge is -2.07. The van der Waals surface area contributed by atoms with Crippen LogP contribution in [0.3, 0.4) is 0 Å². The second kappa shape index (κ2) is 5.12. The quantitative estimate of drug-likeness (QED) is 0.751. The summed E-state index contributed by atoms with van der Waals surface area (Å²) in [6.45, 7) is 7.70. The Morgan fingerprint density at radius 1 is 1.53 bits per heavy atom. The van der Waals surface area contributed by atoms with E-state index in [9.17, 15) is 5.11 Å². The summed E-state index contributed by atoms with van der Waals surface area (Å²) in [5.74, 6) is 0. The number of aryl methyl sites for hydroxylation is 2. The molecule has 0 radical (unpaired) electrons. The van der Waals surface area contributed by atoms with Gasteiger partial charge in [0.25, 0.3) is 0 Å². The fourth-order valence-electron chi connectivity index (χ4n) is 1.80. The van der Waals surface area contributed by atoms with Gasteiger partial charge in [0.1, 0.15) is 0 Å². The monoisotopic (exact) mass is 208 g/mol. The van der Waals surface area contributed by atoms with Gasteiger partial charge < -0.3 is 5.11 Å². The Morgan fingerprint density at radius 2 is 2.20 bits per heavy atom. The molecule has 0 saturated heterocycles. The average Bonchev–Trinajstić information content (AvgIpc) is 2.40. The zero-order chi connectivity index (χ0) is 11.4. The lowest BCUT2D eigenvalue weighted by molar-refractivity contribution is 0.168. The largest absolute Gasteiger partial charge is 0.393 e. The maximum Gasteiger partial charge on any atom is 0.0628 e. The van der Waals surface area contributed by atoms with E-state index in [0.29, 0.717) is 6.42 Å². The standard InChI is InChI=1S/C12H20N2O/c1-5-6-11(15)7-8-12-9(2)13-14(4)10(12)3/h5,11,15H,1,6-8H2,2-4H3. The van der Waals surface area contributed by atoms with Crippen molar-refractivity contribution in [1.82, 2.24) is 9.78 Å². The predicted octanol–water partition coefficient (Wildman–Crippen LogP) is 1.91. The molecule has 1 unspecified atom stereocenters. The van der Waals surface area contributed by atoms with E-state index < -0.39 is 0 Å². The third-order valence-electron chi connectivity index (χ3n) is 2.83. The van der Waals surface area contributed by atoms with E-state index in [1.54, 1.807) is 6.08 Å². The normalized spacial score (nSPS) is 12.8. The van der Waals surface area contributed by atoms with Gasteiger partial charge in [-0.05, 0) is 38.7 Å². The highest BCUT2D eigenvalue weighted by molar-refractivity contribution is 5.24. The predicted molar refractivity (Wildman–Crippen MR) is 61.8 cm³/mol. The average molecular weight is 208 g/mol. The van der Waals surface area contributed by atoms with Crippen molar-refractivity contribution in [2.45, 2.75) is 39.2 Å². The molecule has 0 bridgehead atoms. The van der Waals surface area contributed by atoms with E-state index in [0.717, 1.165) is 18.5 Å². The highest BCUT2D eigenvalue weighted by Crippen LogP contribution is 2.15. The van der Waals surface area contributed by atoms with Crippen molar-refractivity contribution < 1.29 is 5.11 Å². The first-order valence-corrected chi connectivity index (χ1v) is 5.34. The zero-order valence-corrected chi connectivity index (χ0v) is 9.82. The summed E-state index contributed by atoms with van der Waals surface area (Å²) in [6, 6.07) is 0. The topological polar surface area (TPSA) is 38.1 Å². The van der Waals surface area contributed by atoms with Crippen LogP contribution < -0.4 is 0 Å². The zero-order valence-electron chi connectivity index (χ0n) is 9.82. The number of aliphatic hydroxyl groups excluding tert-OH is 1. The van der Waals surface area contributed by atoms with Gasteiger partial charge in [-0.1, -0.05) is 6.08 Å². The lowest BCUT2D eigenvalue weighted by Crippen LogP contribution is -2.07. The van der Waals surface area contributed by atoms with Gasteiger partial charge in [-0.3, -0.25) is 4.68 Å². The molecule has 0 spiro atoms. The third-order valence-corrected chi connectivity index (χ3v) is 2.83. The van der Waals surface area contributed by atoms with Gasteiger partial charge in [-0.2, -0.15) is 5.10 Å². The second-order valence-corrected chi connectivity index (χ2v) is 3.99. The van der Waals surface area contributed by atoms with Crippen molar-refractivity contribution in [3.8, 4) is 0 Å². The van der Waals surface area contributed by atoms with E-state index in [-0.39, 0.29) is 6.10 Å². The van der Waals surface area contributed by atoms with E-state index in [1.165, 1.54) is 11.3 Å². The van der Waals surface area contributed by atoms with E-state index in [1.807, 2.05) is 18.7 Å². The molecule has 3 nitrogen and oxygen atoms in total. The lowest BCUT2D eigenvalue weighted by atomic mass is 10.0. The molecule has 0 saturated carbocycles. The molecule has 1 rings (SSSR count). The fourth-order valence-corrected chi connectivity index (χ4v) is 1.80. The molecule has 1 atom stereocenters. The molecular weight excluding hydrogens is 188 g/mol. The Morgan fingerprint density at radius 3 is 2.67 bits per heavy atom. The second-order valence-electron chi connectivity index (χ2n) is 3.99. The number of hydrogen-bond donors (Lipinski definition) is 1. The first-order chi connectivity index (χ1) is 7.06. The van der Waals surface area contributed by atoms with Gasteiger partial charge in [-0.15, -0.1) is 6.58 Å². The van der Waals surface area contributed by atoms with Crippen LogP contribution in [0.5, 0.6) is 0 Å². The van der Waals surface area contributed by atoms with Gasteiger partial charge in [-0.25, -0.2) is 0 Å². The van der Waals surface area contributed by atoms with E-state index in [4.69, 9.17) is 0 Å². The SMILES string of the molecule is C=CCC(O)CCc1c(C)nn(C)c1C. The first-order valence-electron chi connectivity index (χ1n) is 5.34. The van der Waals surface area contributed by atoms with E-state index >= 15 is 0 Å². The van der Waals surface area contributed by atoms with Crippen molar-refractivity contribution >= 4 is 0 Å². The maximum atomic E-state index is 9.60. The number of rotatable bonds is 5. The van der Waals surface area contributed by atoms with Crippen molar-refractivity contribution in [2.75, 3.05) is 0 Å². The fraction of sp³-hybridized carbons (Fsp3) is 0.583. The Kier molecular flexibility index (Phi) is 4.09. The summed E-state index contributed by atoms with van der Waals surface area (Å²) < 4.78 is 1.89. The van der Waals surface area contributed by atoms with Gasteiger partial charge in [0.2, 0.25) is 0 Å². The molecule has 3 heteroatoms. The molecule has 1 aromatic heterocycles. The summed E-state index contributed by atoms with van der Waals surface area (Å²) in [4.78, 5) is 0. The molecule has 0 aliphatic rings. The maximum absolute atomic E-state index is 9.60. The van der Waals surface area contributed by atoms with Crippen LogP contribution in [-0.2, 0) is 13.5 Å². The van der Waals surface area contributed by atoms with Crippen molar-refractivity contribution in [3.05, 3.63) is 29.6 Å². The third kappa shape index (κ3) is 2.93. The minimum atomic E-state index is -0.276. The Bertz CT molecular complexity index is 342. The molecule has 0 aliphatic heterocycles. The summed E-state index contributed by atoms with van der Waals surface area (Å²) >= 11 is 0. The summed E-state index contributed by atoms with van der Waals surface area (Å²) in [5.41, 5.74) is 3.53. The summed E-state index contributed by atoms with van der Waals surface area (Å²) in [5, 5.41) is 14.0. The van der Waals surface area contributed by atoms with Gasteiger partial charge >= 0.3 is 0 Å². The Balaban J connectivity index is 2.61. The van der Waals surface area contributed by atoms with Crippen LogP contribution in [0, 0.1) is 13.8 Å². The van der Waals surface area contributed by atoms with Crippen LogP contribution in [0.15, 0.2) is 12.7 Å². The molecule has 0 fully saturated rings. The first kappa shape index (κ1) is 12.0. The molecule has 0 aromatic carbocycles. The number of hydrogen-bond acceptors (Lipinski definition) is 2. The highest BCUT2D eigenvalue weighted by Gasteiger charge is 2.10. The smallest absolute Gasteiger partial charge is 0.0628 e. The summed E-state index contributed by atoms with van der Waals surface area (Å²) in [6.07, 6.45) is 3.81. The van der Waals surface area contributed by atoms with Gasteiger partial charge in [0.05, 0.1) is 11.8 Å². The molecule has 1 heterocycles. The molecule has 0 aliphatic carbocycles.